The van der Waals surface area contributed by atoms with Crippen LogP contribution < -0.4 is 11.1 Å². The van der Waals surface area contributed by atoms with Crippen molar-refractivity contribution in [1.29, 1.82) is 0 Å². The van der Waals surface area contributed by atoms with Gasteiger partial charge in [-0.3, -0.25) is 9.59 Å². The average molecular weight is 481 g/mol. The summed E-state index contributed by atoms with van der Waals surface area (Å²) in [7, 11) is 0. The molecule has 0 unspecified atom stereocenters. The number of nitrogens with two attached hydrogens (primary N) is 1. The number of hydrogen-bond acceptors (Lipinski definition) is 5. The minimum Gasteiger partial charge on any atom is -0.478 e. The molecule has 2 amide bonds. The number of aromatic nitrogens is 2. The van der Waals surface area contributed by atoms with E-state index in [0.29, 0.717) is 45.7 Å². The first kappa shape index (κ1) is 24.3. The van der Waals surface area contributed by atoms with E-state index in [2.05, 4.69) is 15.5 Å². The highest BCUT2D eigenvalue weighted by Crippen LogP contribution is 2.31. The molecule has 0 radical (unpaired) electrons. The molecule has 0 saturated heterocycles. The maximum atomic E-state index is 12.8. The van der Waals surface area contributed by atoms with Crippen LogP contribution in [0.15, 0.2) is 78.9 Å². The summed E-state index contributed by atoms with van der Waals surface area (Å²) in [5, 5.41) is 21.1. The van der Waals surface area contributed by atoms with Gasteiger partial charge in [-0.05, 0) is 55.3 Å². The van der Waals surface area contributed by atoms with E-state index >= 15 is 0 Å². The molecule has 8 nitrogen and oxygen atoms in total. The fourth-order valence-electron chi connectivity index (χ4n) is 3.77. The van der Waals surface area contributed by atoms with E-state index in [1.165, 1.54) is 12.1 Å². The maximum Gasteiger partial charge on any atom is 0.335 e. The molecule has 1 heterocycles. The lowest BCUT2D eigenvalue weighted by Gasteiger charge is -2.14. The Morgan fingerprint density at radius 2 is 1.64 bits per heavy atom. The van der Waals surface area contributed by atoms with Gasteiger partial charge in [0.2, 0.25) is 5.91 Å². The van der Waals surface area contributed by atoms with Crippen LogP contribution in [-0.4, -0.2) is 33.1 Å². The first-order valence-corrected chi connectivity index (χ1v) is 11.3. The molecule has 4 rings (SSSR count). The molecule has 0 atom stereocenters. The van der Waals surface area contributed by atoms with Crippen LogP contribution in [0.5, 0.6) is 0 Å². The Morgan fingerprint density at radius 3 is 2.36 bits per heavy atom. The molecule has 0 bridgehead atoms. The van der Waals surface area contributed by atoms with Crippen molar-refractivity contribution >= 4 is 23.5 Å². The van der Waals surface area contributed by atoms with Gasteiger partial charge < -0.3 is 16.2 Å². The predicted octanol–water partition coefficient (Wildman–Crippen LogP) is 4.49. The second kappa shape index (κ2) is 10.6. The Bertz CT molecular complexity index is 1450. The Kier molecular flexibility index (Phi) is 7.15. The van der Waals surface area contributed by atoms with Gasteiger partial charge in [0, 0.05) is 23.1 Å². The number of aryl methyl sites for hydroxylation is 2. The van der Waals surface area contributed by atoms with Gasteiger partial charge in [0.1, 0.15) is 0 Å². The maximum absolute atomic E-state index is 12.8. The highest BCUT2D eigenvalue weighted by atomic mass is 16.4. The summed E-state index contributed by atoms with van der Waals surface area (Å²) >= 11 is 0. The number of carbonyl (C=O) groups is 3. The molecular formula is C28H24N4O4. The average Bonchev–Trinajstić information content (AvgIpc) is 2.88. The number of para-hydroxylation sites is 1. The van der Waals surface area contributed by atoms with Crippen molar-refractivity contribution < 1.29 is 19.5 Å². The van der Waals surface area contributed by atoms with E-state index in [-0.39, 0.29) is 17.9 Å². The summed E-state index contributed by atoms with van der Waals surface area (Å²) in [4.78, 5) is 35.8. The second-order valence-corrected chi connectivity index (χ2v) is 8.32. The number of amides is 2. The number of carboxylic acid groups (broad SMARTS) is 1. The number of rotatable bonds is 8. The number of aromatic carboxylic acids is 1. The predicted molar refractivity (Wildman–Crippen MR) is 137 cm³/mol. The third kappa shape index (κ3) is 5.61. The number of carboxylic acids is 1. The van der Waals surface area contributed by atoms with Crippen molar-refractivity contribution in [2.24, 2.45) is 5.73 Å². The molecule has 0 fully saturated rings. The van der Waals surface area contributed by atoms with E-state index in [4.69, 9.17) is 5.73 Å². The zero-order valence-corrected chi connectivity index (χ0v) is 19.6. The topological polar surface area (TPSA) is 135 Å². The summed E-state index contributed by atoms with van der Waals surface area (Å²) in [6.45, 7) is 1.95. The quantitative estimate of drug-likeness (QED) is 0.340. The van der Waals surface area contributed by atoms with Crippen LogP contribution in [0.1, 0.15) is 38.3 Å². The zero-order valence-electron chi connectivity index (χ0n) is 19.6. The summed E-state index contributed by atoms with van der Waals surface area (Å²) in [6.07, 6.45) is 0.380. The number of carbonyl (C=O) groups excluding carboxylic acids is 2. The van der Waals surface area contributed by atoms with Gasteiger partial charge >= 0.3 is 5.97 Å². The van der Waals surface area contributed by atoms with Crippen LogP contribution in [0.3, 0.4) is 0 Å². The highest BCUT2D eigenvalue weighted by molar-refractivity contribution is 6.06. The van der Waals surface area contributed by atoms with Crippen LogP contribution in [0.25, 0.3) is 22.5 Å². The third-order valence-electron chi connectivity index (χ3n) is 5.66. The van der Waals surface area contributed by atoms with Crippen LogP contribution in [0.2, 0.25) is 0 Å². The highest BCUT2D eigenvalue weighted by Gasteiger charge is 2.16. The largest absolute Gasteiger partial charge is 0.478 e. The van der Waals surface area contributed by atoms with Crippen molar-refractivity contribution in [3.05, 3.63) is 101 Å². The lowest BCUT2D eigenvalue weighted by Crippen LogP contribution is -2.13. The van der Waals surface area contributed by atoms with Crippen molar-refractivity contribution in [3.63, 3.8) is 0 Å². The molecule has 0 aliphatic heterocycles. The molecule has 8 heteroatoms. The number of anilines is 1. The SMILES string of the molecule is Cc1ccc(C(=O)Nc2ccccc2-c2cc(CCC(N)=O)c(-c3cccc(C(=O)O)c3)nn2)cc1. The first-order chi connectivity index (χ1) is 17.3. The summed E-state index contributed by atoms with van der Waals surface area (Å²) < 4.78 is 0. The summed E-state index contributed by atoms with van der Waals surface area (Å²) in [5.74, 6) is -1.78. The lowest BCUT2D eigenvalue weighted by atomic mass is 9.98. The molecule has 0 aliphatic carbocycles. The van der Waals surface area contributed by atoms with Crippen LogP contribution in [-0.2, 0) is 11.2 Å². The molecule has 4 N–H and O–H groups in total. The van der Waals surface area contributed by atoms with E-state index in [9.17, 15) is 19.5 Å². The van der Waals surface area contributed by atoms with Gasteiger partial charge in [-0.25, -0.2) is 4.79 Å². The molecule has 1 aromatic heterocycles. The van der Waals surface area contributed by atoms with Crippen molar-refractivity contribution in [1.82, 2.24) is 10.2 Å². The summed E-state index contributed by atoms with van der Waals surface area (Å²) in [6, 6.07) is 22.6. The minimum atomic E-state index is -1.06. The monoisotopic (exact) mass is 480 g/mol. The van der Waals surface area contributed by atoms with Crippen LogP contribution >= 0.6 is 0 Å². The molecule has 0 spiro atoms. The van der Waals surface area contributed by atoms with E-state index in [1.54, 1.807) is 42.5 Å². The number of hydrogen-bond donors (Lipinski definition) is 3. The normalized spacial score (nSPS) is 10.6. The molecule has 180 valence electrons. The Hall–Kier alpha value is -4.85. The lowest BCUT2D eigenvalue weighted by molar-refractivity contribution is -0.118. The third-order valence-corrected chi connectivity index (χ3v) is 5.66. The molecule has 3 aromatic carbocycles. The van der Waals surface area contributed by atoms with Crippen LogP contribution in [0.4, 0.5) is 5.69 Å². The molecular weight excluding hydrogens is 456 g/mol. The number of nitrogens with zero attached hydrogens (tertiary/aromatic N) is 2. The van der Waals surface area contributed by atoms with Crippen molar-refractivity contribution in [3.8, 4) is 22.5 Å². The Balaban J connectivity index is 1.73. The van der Waals surface area contributed by atoms with Crippen molar-refractivity contribution in [2.45, 2.75) is 19.8 Å². The molecule has 4 aromatic rings. The van der Waals surface area contributed by atoms with Gasteiger partial charge in [-0.15, -0.1) is 10.2 Å². The minimum absolute atomic E-state index is 0.0859. The van der Waals surface area contributed by atoms with E-state index < -0.39 is 11.9 Å². The fraction of sp³-hybridized carbons (Fsp3) is 0.107. The summed E-state index contributed by atoms with van der Waals surface area (Å²) in [5.41, 5.74) is 10.5. The molecule has 0 saturated carbocycles. The fourth-order valence-corrected chi connectivity index (χ4v) is 3.77. The molecule has 36 heavy (non-hydrogen) atoms. The standard InChI is InChI=1S/C28H24N4O4/c1-17-9-11-18(12-10-17)27(34)30-23-8-3-2-7-22(23)24-16-20(13-14-25(29)33)26(32-31-24)19-5-4-6-21(15-19)28(35)36/h2-12,15-16H,13-14H2,1H3,(H2,29,33)(H,30,34)(H,35,36). The zero-order chi connectivity index (χ0) is 25.7. The van der Waals surface area contributed by atoms with Gasteiger partial charge in [0.05, 0.1) is 22.6 Å². The van der Waals surface area contributed by atoms with E-state index in [1.807, 2.05) is 31.2 Å². The number of primary amides is 1. The van der Waals surface area contributed by atoms with Gasteiger partial charge in [-0.2, -0.15) is 0 Å². The molecule has 0 aliphatic rings. The van der Waals surface area contributed by atoms with Gasteiger partial charge in [-0.1, -0.05) is 48.0 Å². The number of nitrogens with one attached hydrogen (secondary N) is 1. The second-order valence-electron chi connectivity index (χ2n) is 8.32. The van der Waals surface area contributed by atoms with E-state index in [0.717, 1.165) is 5.56 Å². The van der Waals surface area contributed by atoms with Crippen molar-refractivity contribution in [2.75, 3.05) is 5.32 Å². The van der Waals surface area contributed by atoms with Gasteiger partial charge in [0.25, 0.3) is 5.91 Å². The smallest absolute Gasteiger partial charge is 0.335 e. The van der Waals surface area contributed by atoms with Gasteiger partial charge in [0.15, 0.2) is 0 Å². The Morgan fingerprint density at radius 1 is 0.889 bits per heavy atom. The van der Waals surface area contributed by atoms with Crippen LogP contribution in [0, 0.1) is 6.92 Å². The first-order valence-electron chi connectivity index (χ1n) is 11.3. The number of benzene rings is 3. The Labute approximate surface area is 207 Å².